The van der Waals surface area contributed by atoms with Crippen LogP contribution in [0.25, 0.3) is 0 Å². The summed E-state index contributed by atoms with van der Waals surface area (Å²) < 4.78 is 1.97. The minimum atomic E-state index is -0.155. The maximum atomic E-state index is 6.06. The highest BCUT2D eigenvalue weighted by Crippen LogP contribution is 2.45. The van der Waals surface area contributed by atoms with Gasteiger partial charge in [0.2, 0.25) is 0 Å². The van der Waals surface area contributed by atoms with E-state index in [9.17, 15) is 0 Å². The molecule has 0 aliphatic heterocycles. The van der Waals surface area contributed by atoms with Gasteiger partial charge in [-0.25, -0.2) is 4.68 Å². The fourth-order valence-electron chi connectivity index (χ4n) is 2.75. The summed E-state index contributed by atoms with van der Waals surface area (Å²) in [5, 5.41) is 13.3. The highest BCUT2D eigenvalue weighted by molar-refractivity contribution is 5.36. The smallest absolute Gasteiger partial charge is 0.126 e. The highest BCUT2D eigenvalue weighted by Gasteiger charge is 2.45. The van der Waals surface area contributed by atoms with E-state index in [1.807, 2.05) is 10.7 Å². The van der Waals surface area contributed by atoms with E-state index in [0.29, 0.717) is 6.04 Å². The van der Waals surface area contributed by atoms with Gasteiger partial charge in [0.25, 0.3) is 0 Å². The molecular weight excluding hydrogens is 228 g/mol. The Balaban J connectivity index is 1.78. The number of aromatic nitrogens is 5. The monoisotopic (exact) mass is 244 g/mol. The fraction of sp³-hybridized carbons (Fsp3) is 0.583. The van der Waals surface area contributed by atoms with Crippen molar-refractivity contribution >= 4 is 5.82 Å². The standard InChI is InChI=1S/C12H16N6/c13-11-8-10(16-17(11)9-2-3-9)12(4-1-5-12)18-14-6-7-15-18/h6-9H,1-5,13H2. The summed E-state index contributed by atoms with van der Waals surface area (Å²) >= 11 is 0. The Morgan fingerprint density at radius 1 is 1.22 bits per heavy atom. The van der Waals surface area contributed by atoms with Crippen LogP contribution >= 0.6 is 0 Å². The second-order valence-electron chi connectivity index (χ2n) is 5.33. The number of anilines is 1. The molecule has 0 spiro atoms. The van der Waals surface area contributed by atoms with Crippen LogP contribution in [-0.4, -0.2) is 24.8 Å². The highest BCUT2D eigenvalue weighted by atomic mass is 15.5. The predicted octanol–water partition coefficient (Wildman–Crippen LogP) is 1.32. The molecule has 94 valence electrons. The van der Waals surface area contributed by atoms with E-state index in [4.69, 9.17) is 10.8 Å². The van der Waals surface area contributed by atoms with Gasteiger partial charge in [0, 0.05) is 6.07 Å². The number of nitrogens with zero attached hydrogens (tertiary/aromatic N) is 5. The zero-order valence-electron chi connectivity index (χ0n) is 10.2. The molecule has 2 aliphatic carbocycles. The van der Waals surface area contributed by atoms with Crippen LogP contribution < -0.4 is 5.73 Å². The summed E-state index contributed by atoms with van der Waals surface area (Å²) in [6.45, 7) is 0. The van der Waals surface area contributed by atoms with Crippen LogP contribution in [0.5, 0.6) is 0 Å². The summed E-state index contributed by atoms with van der Waals surface area (Å²) in [4.78, 5) is 1.80. The zero-order chi connectivity index (χ0) is 12.2. The Labute approximate surface area is 105 Å². The van der Waals surface area contributed by atoms with Crippen LogP contribution in [0, 0.1) is 0 Å². The Morgan fingerprint density at radius 2 is 1.94 bits per heavy atom. The van der Waals surface area contributed by atoms with E-state index in [1.165, 1.54) is 19.3 Å². The van der Waals surface area contributed by atoms with Crippen LogP contribution in [0.3, 0.4) is 0 Å². The molecule has 0 atom stereocenters. The van der Waals surface area contributed by atoms with Crippen molar-refractivity contribution in [1.82, 2.24) is 24.8 Å². The number of rotatable bonds is 3. The molecule has 4 rings (SSSR count). The van der Waals surface area contributed by atoms with Crippen LogP contribution in [-0.2, 0) is 5.54 Å². The molecule has 0 radical (unpaired) electrons. The van der Waals surface area contributed by atoms with Crippen molar-refractivity contribution in [2.24, 2.45) is 0 Å². The molecule has 6 heteroatoms. The summed E-state index contributed by atoms with van der Waals surface area (Å²) in [5.41, 5.74) is 6.93. The fourth-order valence-corrected chi connectivity index (χ4v) is 2.75. The first-order valence-corrected chi connectivity index (χ1v) is 6.52. The van der Waals surface area contributed by atoms with Gasteiger partial charge in [0.1, 0.15) is 11.4 Å². The average molecular weight is 244 g/mol. The second kappa shape index (κ2) is 3.34. The molecular formula is C12H16N6. The van der Waals surface area contributed by atoms with Crippen LogP contribution in [0.15, 0.2) is 18.5 Å². The molecule has 0 amide bonds. The van der Waals surface area contributed by atoms with Crippen molar-refractivity contribution in [3.63, 3.8) is 0 Å². The lowest BCUT2D eigenvalue weighted by Gasteiger charge is -2.39. The van der Waals surface area contributed by atoms with Gasteiger partial charge in [-0.3, -0.25) is 0 Å². The minimum Gasteiger partial charge on any atom is -0.384 e. The molecule has 18 heavy (non-hydrogen) atoms. The van der Waals surface area contributed by atoms with Gasteiger partial charge in [-0.2, -0.15) is 20.1 Å². The maximum Gasteiger partial charge on any atom is 0.126 e. The molecule has 2 saturated carbocycles. The van der Waals surface area contributed by atoms with E-state index in [0.717, 1.165) is 24.4 Å². The minimum absolute atomic E-state index is 0.155. The number of nitrogens with two attached hydrogens (primary N) is 1. The van der Waals surface area contributed by atoms with Gasteiger partial charge >= 0.3 is 0 Å². The lowest BCUT2D eigenvalue weighted by Crippen LogP contribution is -2.43. The van der Waals surface area contributed by atoms with Crippen molar-refractivity contribution in [2.75, 3.05) is 5.73 Å². The van der Waals surface area contributed by atoms with Crippen molar-refractivity contribution in [3.8, 4) is 0 Å². The molecule has 2 aromatic heterocycles. The molecule has 2 N–H and O–H groups in total. The Hall–Kier alpha value is -1.85. The van der Waals surface area contributed by atoms with Crippen molar-refractivity contribution in [3.05, 3.63) is 24.2 Å². The lowest BCUT2D eigenvalue weighted by atomic mass is 9.75. The van der Waals surface area contributed by atoms with E-state index in [1.54, 1.807) is 17.2 Å². The van der Waals surface area contributed by atoms with E-state index in [-0.39, 0.29) is 5.54 Å². The second-order valence-corrected chi connectivity index (χ2v) is 5.33. The number of nitrogen functional groups attached to an aromatic ring is 1. The normalized spacial score (nSPS) is 21.8. The van der Waals surface area contributed by atoms with Crippen LogP contribution in [0.2, 0.25) is 0 Å². The van der Waals surface area contributed by atoms with Gasteiger partial charge in [-0.1, -0.05) is 0 Å². The first-order valence-electron chi connectivity index (χ1n) is 6.52. The van der Waals surface area contributed by atoms with Gasteiger partial charge in [-0.15, -0.1) is 0 Å². The predicted molar refractivity (Wildman–Crippen MR) is 65.9 cm³/mol. The average Bonchev–Trinajstić information content (AvgIpc) is 2.85. The number of hydrogen-bond donors (Lipinski definition) is 1. The molecule has 2 heterocycles. The maximum absolute atomic E-state index is 6.06. The number of hydrogen-bond acceptors (Lipinski definition) is 4. The topological polar surface area (TPSA) is 74.6 Å². The van der Waals surface area contributed by atoms with Crippen molar-refractivity contribution in [2.45, 2.75) is 43.7 Å². The van der Waals surface area contributed by atoms with Crippen molar-refractivity contribution in [1.29, 1.82) is 0 Å². The third kappa shape index (κ3) is 1.26. The molecule has 0 bridgehead atoms. The molecule has 2 aliphatic rings. The Kier molecular flexibility index (Phi) is 1.87. The first-order chi connectivity index (χ1) is 8.79. The summed E-state index contributed by atoms with van der Waals surface area (Å²) in [6.07, 6.45) is 9.11. The van der Waals surface area contributed by atoms with Crippen LogP contribution in [0.1, 0.15) is 43.8 Å². The third-order valence-corrected chi connectivity index (χ3v) is 4.12. The summed E-state index contributed by atoms with van der Waals surface area (Å²) in [7, 11) is 0. The zero-order valence-corrected chi connectivity index (χ0v) is 10.2. The Morgan fingerprint density at radius 3 is 2.50 bits per heavy atom. The van der Waals surface area contributed by atoms with Crippen molar-refractivity contribution < 1.29 is 0 Å². The van der Waals surface area contributed by atoms with Gasteiger partial charge in [0.15, 0.2) is 0 Å². The largest absolute Gasteiger partial charge is 0.384 e. The van der Waals surface area contributed by atoms with E-state index < -0.39 is 0 Å². The summed E-state index contributed by atoms with van der Waals surface area (Å²) in [6, 6.07) is 2.52. The third-order valence-electron chi connectivity index (χ3n) is 4.12. The quantitative estimate of drug-likeness (QED) is 0.883. The molecule has 0 unspecified atom stereocenters. The lowest BCUT2D eigenvalue weighted by molar-refractivity contribution is 0.147. The molecule has 2 fully saturated rings. The van der Waals surface area contributed by atoms with Gasteiger partial charge in [-0.05, 0) is 32.1 Å². The van der Waals surface area contributed by atoms with E-state index in [2.05, 4.69) is 10.2 Å². The van der Waals surface area contributed by atoms with Crippen LogP contribution in [0.4, 0.5) is 5.82 Å². The first kappa shape index (κ1) is 10.1. The van der Waals surface area contributed by atoms with Gasteiger partial charge < -0.3 is 5.73 Å². The molecule has 0 aromatic carbocycles. The van der Waals surface area contributed by atoms with Gasteiger partial charge in [0.05, 0.1) is 24.1 Å². The molecule has 2 aromatic rings. The Bertz CT molecular complexity index is 561. The SMILES string of the molecule is Nc1cc(C2(n3nccn3)CCC2)nn1C1CC1. The summed E-state index contributed by atoms with van der Waals surface area (Å²) in [5.74, 6) is 0.769. The molecule has 0 saturated heterocycles. The molecule has 6 nitrogen and oxygen atoms in total. The van der Waals surface area contributed by atoms with E-state index >= 15 is 0 Å².